The molecule has 1 atom stereocenters. The molecule has 0 fully saturated rings. The van der Waals surface area contributed by atoms with Crippen molar-refractivity contribution in [2.45, 2.75) is 19.3 Å². The zero-order chi connectivity index (χ0) is 17.3. The van der Waals surface area contributed by atoms with Crippen LogP contribution in [0.25, 0.3) is 10.9 Å². The molecule has 0 spiro atoms. The van der Waals surface area contributed by atoms with E-state index in [0.717, 1.165) is 0 Å². The predicted molar refractivity (Wildman–Crippen MR) is 91.2 cm³/mol. The van der Waals surface area contributed by atoms with Crippen LogP contribution in [0.3, 0.4) is 0 Å². The fraction of sp³-hybridized carbons (Fsp3) is 0.158. The number of nitrogens with one attached hydrogen (secondary N) is 1. The minimum atomic E-state index is -1.20. The van der Waals surface area contributed by atoms with Gasteiger partial charge in [-0.05, 0) is 24.1 Å². The van der Waals surface area contributed by atoms with Crippen molar-refractivity contribution in [3.63, 3.8) is 0 Å². The molecule has 0 aliphatic heterocycles. The van der Waals surface area contributed by atoms with E-state index in [1.165, 1.54) is 0 Å². The van der Waals surface area contributed by atoms with E-state index in [-0.39, 0.29) is 11.5 Å². The summed E-state index contributed by atoms with van der Waals surface area (Å²) in [6.07, 6.45) is 0.326. The van der Waals surface area contributed by atoms with Gasteiger partial charge < -0.3 is 14.9 Å². The molecular weight excluding hydrogens is 326 g/mol. The average Bonchev–Trinajstić information content (AvgIpc) is 2.94. The molecule has 0 bridgehead atoms. The molecule has 1 unspecified atom stereocenters. The third kappa shape index (κ3) is 2.81. The van der Waals surface area contributed by atoms with Crippen molar-refractivity contribution in [2.75, 3.05) is 0 Å². The molecule has 0 amide bonds. The highest BCUT2D eigenvalue weighted by Crippen LogP contribution is 2.33. The molecular formula is C19H15ClNO3-. The lowest BCUT2D eigenvalue weighted by Gasteiger charge is -2.17. The number of carbonyl (C=O) groups is 2. The summed E-state index contributed by atoms with van der Waals surface area (Å²) in [5.74, 6) is -2.32. The van der Waals surface area contributed by atoms with E-state index in [4.69, 9.17) is 11.6 Å². The molecule has 5 heteroatoms. The number of rotatable bonds is 5. The maximum atomic E-state index is 12.9. The Morgan fingerprint density at radius 1 is 1.17 bits per heavy atom. The Balaban J connectivity index is 2.26. The quantitative estimate of drug-likeness (QED) is 0.724. The minimum Gasteiger partial charge on any atom is -0.549 e. The van der Waals surface area contributed by atoms with E-state index in [1.54, 1.807) is 49.4 Å². The third-order valence-corrected chi connectivity index (χ3v) is 4.34. The number of carbonyl (C=O) groups excluding carboxylic acids is 2. The smallest absolute Gasteiger partial charge is 0.209 e. The molecule has 0 aliphatic rings. The zero-order valence-corrected chi connectivity index (χ0v) is 13.8. The van der Waals surface area contributed by atoms with E-state index in [0.29, 0.717) is 33.5 Å². The van der Waals surface area contributed by atoms with Crippen LogP contribution in [-0.4, -0.2) is 16.7 Å². The van der Waals surface area contributed by atoms with Crippen molar-refractivity contribution >= 4 is 34.3 Å². The highest BCUT2D eigenvalue weighted by molar-refractivity contribution is 6.31. The number of H-pyrrole nitrogens is 1. The van der Waals surface area contributed by atoms with Crippen LogP contribution < -0.4 is 5.11 Å². The van der Waals surface area contributed by atoms with Gasteiger partial charge in [0.05, 0.1) is 5.69 Å². The molecule has 1 aromatic heterocycles. The molecule has 122 valence electrons. The molecule has 3 aromatic rings. The summed E-state index contributed by atoms with van der Waals surface area (Å²) >= 11 is 6.02. The Kier molecular flexibility index (Phi) is 4.40. The fourth-order valence-electron chi connectivity index (χ4n) is 2.95. The molecule has 2 aromatic carbocycles. The van der Waals surface area contributed by atoms with Crippen molar-refractivity contribution in [1.29, 1.82) is 0 Å². The number of carboxylic acids is 1. The normalized spacial score (nSPS) is 12.2. The maximum absolute atomic E-state index is 12.9. The van der Waals surface area contributed by atoms with Crippen LogP contribution in [-0.2, 0) is 4.79 Å². The van der Waals surface area contributed by atoms with E-state index < -0.39 is 11.9 Å². The Bertz CT molecular complexity index is 915. The molecule has 0 saturated carbocycles. The van der Waals surface area contributed by atoms with Gasteiger partial charge in [-0.2, -0.15) is 0 Å². The van der Waals surface area contributed by atoms with Gasteiger partial charge in [0.15, 0.2) is 0 Å². The summed E-state index contributed by atoms with van der Waals surface area (Å²) in [5, 5.41) is 12.8. The SMILES string of the molecule is CCC(C(=O)[O-])c1c(C(=O)c2ccccc2)[nH]c2cc(Cl)ccc12. The van der Waals surface area contributed by atoms with Crippen LogP contribution in [0.1, 0.15) is 40.9 Å². The van der Waals surface area contributed by atoms with Crippen LogP contribution in [0.15, 0.2) is 48.5 Å². The second kappa shape index (κ2) is 6.49. The van der Waals surface area contributed by atoms with Crippen molar-refractivity contribution in [3.05, 3.63) is 70.4 Å². The third-order valence-electron chi connectivity index (χ3n) is 4.11. The molecule has 1 heterocycles. The van der Waals surface area contributed by atoms with Crippen molar-refractivity contribution < 1.29 is 14.7 Å². The second-order valence-electron chi connectivity index (χ2n) is 5.58. The van der Waals surface area contributed by atoms with E-state index >= 15 is 0 Å². The van der Waals surface area contributed by atoms with Gasteiger partial charge in [0.25, 0.3) is 0 Å². The Labute approximate surface area is 144 Å². The first kappa shape index (κ1) is 16.3. The average molecular weight is 341 g/mol. The van der Waals surface area contributed by atoms with Crippen molar-refractivity contribution in [1.82, 2.24) is 4.98 Å². The highest BCUT2D eigenvalue weighted by atomic mass is 35.5. The van der Waals surface area contributed by atoms with Gasteiger partial charge in [0.1, 0.15) is 0 Å². The Morgan fingerprint density at radius 3 is 2.50 bits per heavy atom. The first-order valence-electron chi connectivity index (χ1n) is 7.64. The standard InChI is InChI=1S/C19H16ClNO3/c1-2-13(19(23)24)16-14-9-8-12(20)10-15(14)21-17(16)18(22)11-6-4-3-5-7-11/h3-10,13,21H,2H2,1H3,(H,23,24)/p-1. The summed E-state index contributed by atoms with van der Waals surface area (Å²) in [6.45, 7) is 1.76. The molecule has 1 N–H and O–H groups in total. The number of fused-ring (bicyclic) bond motifs is 1. The fourth-order valence-corrected chi connectivity index (χ4v) is 3.13. The second-order valence-corrected chi connectivity index (χ2v) is 6.02. The minimum absolute atomic E-state index is 0.252. The number of carboxylic acid groups (broad SMARTS) is 1. The molecule has 3 rings (SSSR count). The van der Waals surface area contributed by atoms with E-state index in [9.17, 15) is 14.7 Å². The van der Waals surface area contributed by atoms with Crippen LogP contribution >= 0.6 is 11.6 Å². The van der Waals surface area contributed by atoms with Gasteiger partial charge in [-0.1, -0.05) is 54.9 Å². The number of halogens is 1. The van der Waals surface area contributed by atoms with Gasteiger partial charge in [-0.3, -0.25) is 4.79 Å². The van der Waals surface area contributed by atoms with E-state index in [2.05, 4.69) is 4.98 Å². The molecule has 24 heavy (non-hydrogen) atoms. The summed E-state index contributed by atoms with van der Waals surface area (Å²) in [7, 11) is 0. The summed E-state index contributed by atoms with van der Waals surface area (Å²) < 4.78 is 0. The number of aromatic nitrogens is 1. The Hall–Kier alpha value is -2.59. The maximum Gasteiger partial charge on any atom is 0.209 e. The van der Waals surface area contributed by atoms with Crippen LogP contribution in [0.5, 0.6) is 0 Å². The number of hydrogen-bond donors (Lipinski definition) is 1. The highest BCUT2D eigenvalue weighted by Gasteiger charge is 2.25. The van der Waals surface area contributed by atoms with Crippen LogP contribution in [0, 0.1) is 0 Å². The summed E-state index contributed by atoms with van der Waals surface area (Å²) in [6, 6.07) is 13.8. The first-order valence-corrected chi connectivity index (χ1v) is 8.02. The molecule has 4 nitrogen and oxygen atoms in total. The van der Waals surface area contributed by atoms with E-state index in [1.807, 2.05) is 6.07 Å². The van der Waals surface area contributed by atoms with Crippen LogP contribution in [0.4, 0.5) is 0 Å². The van der Waals surface area contributed by atoms with Crippen LogP contribution in [0.2, 0.25) is 5.02 Å². The van der Waals surface area contributed by atoms with Gasteiger partial charge >= 0.3 is 0 Å². The largest absolute Gasteiger partial charge is 0.549 e. The topological polar surface area (TPSA) is 73.0 Å². The number of hydrogen-bond acceptors (Lipinski definition) is 3. The van der Waals surface area contributed by atoms with Crippen molar-refractivity contribution in [3.8, 4) is 0 Å². The first-order chi connectivity index (χ1) is 11.5. The number of aliphatic carboxylic acids is 1. The molecule has 0 saturated heterocycles. The van der Waals surface area contributed by atoms with Gasteiger partial charge in [-0.15, -0.1) is 0 Å². The van der Waals surface area contributed by atoms with Gasteiger partial charge in [0, 0.05) is 33.4 Å². The molecule has 0 radical (unpaired) electrons. The lowest BCUT2D eigenvalue weighted by molar-refractivity contribution is -0.308. The lowest BCUT2D eigenvalue weighted by atomic mass is 9.91. The summed E-state index contributed by atoms with van der Waals surface area (Å²) in [4.78, 5) is 27.5. The van der Waals surface area contributed by atoms with Gasteiger partial charge in [-0.25, -0.2) is 0 Å². The van der Waals surface area contributed by atoms with Crippen molar-refractivity contribution in [2.24, 2.45) is 0 Å². The number of ketones is 1. The number of aromatic amines is 1. The molecule has 0 aliphatic carbocycles. The van der Waals surface area contributed by atoms with Gasteiger partial charge in [0.2, 0.25) is 5.78 Å². The number of benzene rings is 2. The lowest BCUT2D eigenvalue weighted by Crippen LogP contribution is -2.30. The summed E-state index contributed by atoms with van der Waals surface area (Å²) in [5.41, 5.74) is 1.86. The monoisotopic (exact) mass is 340 g/mol. The zero-order valence-electron chi connectivity index (χ0n) is 13.0. The Morgan fingerprint density at radius 2 is 1.88 bits per heavy atom. The predicted octanol–water partition coefficient (Wildman–Crippen LogP) is 3.30.